The van der Waals surface area contributed by atoms with Gasteiger partial charge in [-0.15, -0.1) is 0 Å². The maximum absolute atomic E-state index is 13.0. The van der Waals surface area contributed by atoms with Crippen LogP contribution >= 0.6 is 11.6 Å². The third-order valence-corrected chi connectivity index (χ3v) is 4.54. The number of aromatic nitrogens is 1. The molecule has 1 aromatic carbocycles. The number of benzene rings is 1. The van der Waals surface area contributed by atoms with Gasteiger partial charge in [-0.3, -0.25) is 9.36 Å². The average Bonchev–Trinajstić information content (AvgIpc) is 2.54. The number of hydrogen-bond donors (Lipinski definition) is 0. The number of pyridine rings is 1. The first-order valence-corrected chi connectivity index (χ1v) is 8.51. The molecule has 0 aliphatic heterocycles. The Hall–Kier alpha value is -1.54. The van der Waals surface area contributed by atoms with Gasteiger partial charge in [-0.05, 0) is 61.1 Å². The Bertz CT molecular complexity index is 714. The summed E-state index contributed by atoms with van der Waals surface area (Å²) in [6, 6.07) is 7.53. The van der Waals surface area contributed by atoms with Gasteiger partial charge in [-0.2, -0.15) is 0 Å². The third-order valence-electron chi connectivity index (χ3n) is 4.29. The minimum absolute atomic E-state index is 0.121. The van der Waals surface area contributed by atoms with Crippen LogP contribution in [0, 0.1) is 0 Å². The molecule has 1 heterocycles. The summed E-state index contributed by atoms with van der Waals surface area (Å²) in [7, 11) is 0. The molecule has 0 saturated carbocycles. The van der Waals surface area contributed by atoms with Crippen molar-refractivity contribution in [2.24, 2.45) is 0 Å². The zero-order valence-corrected chi connectivity index (χ0v) is 14.6. The van der Waals surface area contributed by atoms with Crippen LogP contribution in [0.1, 0.15) is 50.1 Å². The van der Waals surface area contributed by atoms with Gasteiger partial charge in [0.05, 0.1) is 0 Å². The number of nitrogens with zero attached hydrogens (tertiary/aromatic N) is 1. The molecule has 0 N–H and O–H groups in total. The van der Waals surface area contributed by atoms with Crippen molar-refractivity contribution >= 4 is 11.6 Å². The lowest BCUT2D eigenvalue weighted by Gasteiger charge is -2.21. The van der Waals surface area contributed by atoms with Gasteiger partial charge in [0.2, 0.25) is 0 Å². The second-order valence-electron chi connectivity index (χ2n) is 5.41. The molecule has 0 atom stereocenters. The second kappa shape index (κ2) is 7.15. The van der Waals surface area contributed by atoms with E-state index in [0.717, 1.165) is 42.6 Å². The van der Waals surface area contributed by atoms with Gasteiger partial charge < -0.3 is 0 Å². The van der Waals surface area contributed by atoms with Gasteiger partial charge in [-0.25, -0.2) is 0 Å². The summed E-state index contributed by atoms with van der Waals surface area (Å²) >= 11 is 5.99. The Morgan fingerprint density at radius 1 is 0.818 bits per heavy atom. The molecule has 0 fully saturated rings. The predicted octanol–water partition coefficient (Wildman–Crippen LogP) is 4.74. The Morgan fingerprint density at radius 2 is 1.36 bits per heavy atom. The van der Waals surface area contributed by atoms with Crippen LogP contribution in [-0.4, -0.2) is 4.57 Å². The van der Waals surface area contributed by atoms with Crippen molar-refractivity contribution in [1.82, 2.24) is 4.57 Å². The van der Waals surface area contributed by atoms with E-state index in [1.165, 1.54) is 11.1 Å². The standard InChI is InChI=1S/C19H24ClNO/c1-5-15-16(6-2)18(8-4)21(19(22)17(15)7-3)14-11-9-13(20)10-12-14/h9-12H,5-8H2,1-4H3. The Balaban J connectivity index is 2.88. The maximum atomic E-state index is 13.0. The Kier molecular flexibility index (Phi) is 5.47. The molecule has 0 radical (unpaired) electrons. The van der Waals surface area contributed by atoms with Crippen molar-refractivity contribution in [2.75, 3.05) is 0 Å². The first-order valence-electron chi connectivity index (χ1n) is 8.13. The van der Waals surface area contributed by atoms with E-state index in [0.29, 0.717) is 5.02 Å². The third kappa shape index (κ3) is 2.85. The fourth-order valence-corrected chi connectivity index (χ4v) is 3.45. The molecule has 22 heavy (non-hydrogen) atoms. The largest absolute Gasteiger partial charge is 0.281 e. The van der Waals surface area contributed by atoms with Gasteiger partial charge >= 0.3 is 0 Å². The Labute approximate surface area is 137 Å². The number of halogens is 1. The van der Waals surface area contributed by atoms with E-state index in [1.807, 2.05) is 28.8 Å². The van der Waals surface area contributed by atoms with E-state index in [9.17, 15) is 4.79 Å². The Morgan fingerprint density at radius 3 is 1.82 bits per heavy atom. The van der Waals surface area contributed by atoms with Gasteiger partial charge in [0, 0.05) is 22.0 Å². The maximum Gasteiger partial charge on any atom is 0.258 e. The smallest absolute Gasteiger partial charge is 0.258 e. The molecule has 0 aliphatic rings. The number of hydrogen-bond acceptors (Lipinski definition) is 1. The van der Waals surface area contributed by atoms with Crippen LogP contribution in [0.5, 0.6) is 0 Å². The lowest BCUT2D eigenvalue weighted by molar-refractivity contribution is 0.799. The van der Waals surface area contributed by atoms with E-state index in [1.54, 1.807) is 0 Å². The first kappa shape index (κ1) is 16.8. The fraction of sp³-hybridized carbons (Fsp3) is 0.421. The van der Waals surface area contributed by atoms with Crippen molar-refractivity contribution in [3.8, 4) is 5.69 Å². The SMILES string of the molecule is CCc1c(CC)c(CC)n(-c2ccc(Cl)cc2)c(=O)c1CC. The summed E-state index contributed by atoms with van der Waals surface area (Å²) in [6.07, 6.45) is 3.48. The van der Waals surface area contributed by atoms with Crippen molar-refractivity contribution in [2.45, 2.75) is 53.4 Å². The highest BCUT2D eigenvalue weighted by atomic mass is 35.5. The highest BCUT2D eigenvalue weighted by Crippen LogP contribution is 2.23. The molecule has 118 valence electrons. The molecular weight excluding hydrogens is 294 g/mol. The molecule has 2 rings (SSSR count). The molecule has 2 nitrogen and oxygen atoms in total. The summed E-state index contributed by atoms with van der Waals surface area (Å²) in [5.74, 6) is 0. The van der Waals surface area contributed by atoms with Gasteiger partial charge in [-0.1, -0.05) is 39.3 Å². The van der Waals surface area contributed by atoms with Crippen LogP contribution in [0.4, 0.5) is 0 Å². The van der Waals surface area contributed by atoms with Gasteiger partial charge in [0.15, 0.2) is 0 Å². The highest BCUT2D eigenvalue weighted by Gasteiger charge is 2.18. The van der Waals surface area contributed by atoms with Crippen molar-refractivity contribution < 1.29 is 0 Å². The van der Waals surface area contributed by atoms with Crippen LogP contribution in [0.25, 0.3) is 5.69 Å². The van der Waals surface area contributed by atoms with Gasteiger partial charge in [0.25, 0.3) is 5.56 Å². The second-order valence-corrected chi connectivity index (χ2v) is 5.85. The fourth-order valence-electron chi connectivity index (χ4n) is 3.32. The van der Waals surface area contributed by atoms with E-state index < -0.39 is 0 Å². The molecule has 0 bridgehead atoms. The molecule has 0 saturated heterocycles. The normalized spacial score (nSPS) is 11.0. The molecular formula is C19H24ClNO. The van der Waals surface area contributed by atoms with E-state index in [-0.39, 0.29) is 5.56 Å². The molecule has 0 spiro atoms. The first-order chi connectivity index (χ1) is 10.6. The molecule has 1 aromatic heterocycles. The molecule has 2 aromatic rings. The van der Waals surface area contributed by atoms with Crippen LogP contribution in [0.3, 0.4) is 0 Å². The lowest BCUT2D eigenvalue weighted by atomic mass is 9.94. The minimum Gasteiger partial charge on any atom is -0.281 e. The van der Waals surface area contributed by atoms with Crippen molar-refractivity contribution in [3.63, 3.8) is 0 Å². The van der Waals surface area contributed by atoms with E-state index >= 15 is 0 Å². The monoisotopic (exact) mass is 317 g/mol. The summed E-state index contributed by atoms with van der Waals surface area (Å²) in [5.41, 5.74) is 5.68. The molecule has 0 amide bonds. The summed E-state index contributed by atoms with van der Waals surface area (Å²) in [4.78, 5) is 13.0. The zero-order valence-electron chi connectivity index (χ0n) is 13.9. The highest BCUT2D eigenvalue weighted by molar-refractivity contribution is 6.30. The summed E-state index contributed by atoms with van der Waals surface area (Å²) in [5, 5.41) is 0.687. The summed E-state index contributed by atoms with van der Waals surface area (Å²) < 4.78 is 1.88. The topological polar surface area (TPSA) is 22.0 Å². The van der Waals surface area contributed by atoms with Crippen LogP contribution < -0.4 is 5.56 Å². The van der Waals surface area contributed by atoms with Crippen LogP contribution in [0.2, 0.25) is 5.02 Å². The van der Waals surface area contributed by atoms with E-state index in [4.69, 9.17) is 11.6 Å². The zero-order chi connectivity index (χ0) is 16.3. The average molecular weight is 318 g/mol. The van der Waals surface area contributed by atoms with Crippen LogP contribution in [0.15, 0.2) is 29.1 Å². The predicted molar refractivity (Wildman–Crippen MR) is 94.6 cm³/mol. The minimum atomic E-state index is 0.121. The number of rotatable bonds is 5. The summed E-state index contributed by atoms with van der Waals surface area (Å²) in [6.45, 7) is 8.49. The quantitative estimate of drug-likeness (QED) is 0.780. The molecule has 3 heteroatoms. The van der Waals surface area contributed by atoms with Gasteiger partial charge in [0.1, 0.15) is 0 Å². The van der Waals surface area contributed by atoms with E-state index in [2.05, 4.69) is 27.7 Å². The molecule has 0 aliphatic carbocycles. The lowest BCUT2D eigenvalue weighted by Crippen LogP contribution is -2.29. The van der Waals surface area contributed by atoms with Crippen LogP contribution in [-0.2, 0) is 25.7 Å². The van der Waals surface area contributed by atoms with Crippen molar-refractivity contribution in [3.05, 3.63) is 62.0 Å². The molecule has 0 unspecified atom stereocenters. The van der Waals surface area contributed by atoms with Crippen molar-refractivity contribution in [1.29, 1.82) is 0 Å².